The van der Waals surface area contributed by atoms with Crippen LogP contribution in [0, 0.1) is 0 Å². The smallest absolute Gasteiger partial charge is 0.216 e. The molecule has 6 heteroatoms. The van der Waals surface area contributed by atoms with E-state index >= 15 is 0 Å². The molecule has 0 amide bonds. The number of ether oxygens (including phenoxy) is 1. The third kappa shape index (κ3) is 3.68. The van der Waals surface area contributed by atoms with E-state index in [-0.39, 0.29) is 4.83 Å². The fraction of sp³-hybridized carbons (Fsp3) is 0.231. The minimum Gasteiger partial charge on any atom is -0.481 e. The SMILES string of the molecule is COc1cc(CC(Br)c2cccc(Br)c2Cl)ncn1. The van der Waals surface area contributed by atoms with Gasteiger partial charge in [0.2, 0.25) is 5.88 Å². The van der Waals surface area contributed by atoms with E-state index in [1.165, 1.54) is 6.33 Å². The molecule has 100 valence electrons. The van der Waals surface area contributed by atoms with Crippen LogP contribution in [-0.2, 0) is 6.42 Å². The summed E-state index contributed by atoms with van der Waals surface area (Å²) in [6.45, 7) is 0. The Morgan fingerprint density at radius 3 is 2.89 bits per heavy atom. The molecule has 0 saturated carbocycles. The zero-order valence-corrected chi connectivity index (χ0v) is 14.0. The average molecular weight is 407 g/mol. The van der Waals surface area contributed by atoms with Crippen LogP contribution >= 0.6 is 43.5 Å². The molecule has 2 rings (SSSR count). The zero-order valence-electron chi connectivity index (χ0n) is 10.1. The Morgan fingerprint density at radius 2 is 2.16 bits per heavy atom. The first-order chi connectivity index (χ1) is 9.11. The van der Waals surface area contributed by atoms with Gasteiger partial charge < -0.3 is 4.74 Å². The van der Waals surface area contributed by atoms with Crippen LogP contribution in [0.25, 0.3) is 0 Å². The molecule has 1 aromatic carbocycles. The van der Waals surface area contributed by atoms with Crippen molar-refractivity contribution in [2.24, 2.45) is 0 Å². The Balaban J connectivity index is 2.20. The van der Waals surface area contributed by atoms with Gasteiger partial charge in [-0.15, -0.1) is 0 Å². The molecule has 0 bridgehead atoms. The lowest BCUT2D eigenvalue weighted by Gasteiger charge is -2.12. The van der Waals surface area contributed by atoms with Crippen LogP contribution in [0.1, 0.15) is 16.1 Å². The van der Waals surface area contributed by atoms with Crippen LogP contribution in [0.2, 0.25) is 5.02 Å². The van der Waals surface area contributed by atoms with Gasteiger partial charge >= 0.3 is 0 Å². The second-order valence-electron chi connectivity index (χ2n) is 3.87. The summed E-state index contributed by atoms with van der Waals surface area (Å²) in [6, 6.07) is 7.68. The highest BCUT2D eigenvalue weighted by molar-refractivity contribution is 9.10. The van der Waals surface area contributed by atoms with Gasteiger partial charge in [-0.2, -0.15) is 0 Å². The van der Waals surface area contributed by atoms with E-state index in [1.54, 1.807) is 7.11 Å². The van der Waals surface area contributed by atoms with Gasteiger partial charge in [0, 0.05) is 27.5 Å². The number of benzene rings is 1. The van der Waals surface area contributed by atoms with Gasteiger partial charge in [-0.05, 0) is 27.6 Å². The molecule has 0 spiro atoms. The number of halogens is 3. The maximum absolute atomic E-state index is 6.28. The number of alkyl halides is 1. The molecule has 0 aliphatic carbocycles. The standard InChI is InChI=1S/C13H11Br2ClN2O/c1-19-12-6-8(17-7-18-12)5-11(15)9-3-2-4-10(14)13(9)16/h2-4,6-7,11H,5H2,1H3. The lowest BCUT2D eigenvalue weighted by Crippen LogP contribution is -2.00. The van der Waals surface area contributed by atoms with Crippen molar-refractivity contribution in [3.05, 3.63) is 51.3 Å². The van der Waals surface area contributed by atoms with Crippen molar-refractivity contribution in [1.82, 2.24) is 9.97 Å². The quantitative estimate of drug-likeness (QED) is 0.697. The topological polar surface area (TPSA) is 35.0 Å². The summed E-state index contributed by atoms with van der Waals surface area (Å²) in [5.74, 6) is 0.560. The van der Waals surface area contributed by atoms with E-state index in [4.69, 9.17) is 16.3 Å². The highest BCUT2D eigenvalue weighted by atomic mass is 79.9. The summed E-state index contributed by atoms with van der Waals surface area (Å²) in [7, 11) is 1.59. The predicted octanol–water partition coefficient (Wildman–Crippen LogP) is 4.58. The number of rotatable bonds is 4. The molecule has 1 atom stereocenters. The van der Waals surface area contributed by atoms with Crippen molar-refractivity contribution in [3.63, 3.8) is 0 Å². The lowest BCUT2D eigenvalue weighted by molar-refractivity contribution is 0.396. The van der Waals surface area contributed by atoms with Crippen molar-refractivity contribution in [1.29, 1.82) is 0 Å². The molecule has 0 radical (unpaired) electrons. The minimum atomic E-state index is 0.0807. The Labute approximate surface area is 133 Å². The fourth-order valence-corrected chi connectivity index (χ4v) is 3.14. The van der Waals surface area contributed by atoms with Crippen molar-refractivity contribution in [2.75, 3.05) is 7.11 Å². The summed E-state index contributed by atoms with van der Waals surface area (Å²) >= 11 is 13.4. The second-order valence-corrected chi connectivity index (χ2v) is 6.20. The van der Waals surface area contributed by atoms with Gasteiger partial charge in [0.1, 0.15) is 6.33 Å². The highest BCUT2D eigenvalue weighted by Crippen LogP contribution is 2.36. The maximum Gasteiger partial charge on any atom is 0.216 e. The summed E-state index contributed by atoms with van der Waals surface area (Å²) in [4.78, 5) is 8.30. The molecule has 0 aliphatic heterocycles. The molecule has 0 saturated heterocycles. The molecule has 1 heterocycles. The summed E-state index contributed by atoms with van der Waals surface area (Å²) in [6.07, 6.45) is 2.20. The van der Waals surface area contributed by atoms with Crippen LogP contribution in [0.4, 0.5) is 0 Å². The molecule has 0 fully saturated rings. The van der Waals surface area contributed by atoms with Gasteiger partial charge in [0.25, 0.3) is 0 Å². The lowest BCUT2D eigenvalue weighted by atomic mass is 10.1. The fourth-order valence-electron chi connectivity index (χ4n) is 1.66. The van der Waals surface area contributed by atoms with E-state index < -0.39 is 0 Å². The number of methoxy groups -OCH3 is 1. The molecular weight excluding hydrogens is 395 g/mol. The molecular formula is C13H11Br2ClN2O. The zero-order chi connectivity index (χ0) is 13.8. The van der Waals surface area contributed by atoms with Crippen LogP contribution in [0.15, 0.2) is 35.1 Å². The van der Waals surface area contributed by atoms with Crippen LogP contribution in [-0.4, -0.2) is 17.1 Å². The average Bonchev–Trinajstić information content (AvgIpc) is 2.42. The third-order valence-electron chi connectivity index (χ3n) is 2.62. The van der Waals surface area contributed by atoms with E-state index in [0.717, 1.165) is 15.7 Å². The van der Waals surface area contributed by atoms with Crippen molar-refractivity contribution in [2.45, 2.75) is 11.2 Å². The Hall–Kier alpha value is -0.650. The van der Waals surface area contributed by atoms with Crippen LogP contribution in [0.5, 0.6) is 5.88 Å². The highest BCUT2D eigenvalue weighted by Gasteiger charge is 2.15. The Morgan fingerprint density at radius 1 is 1.37 bits per heavy atom. The van der Waals surface area contributed by atoms with Gasteiger partial charge in [-0.3, -0.25) is 0 Å². The first kappa shape index (κ1) is 14.8. The van der Waals surface area contributed by atoms with E-state index in [9.17, 15) is 0 Å². The van der Waals surface area contributed by atoms with Gasteiger partial charge in [-0.25, -0.2) is 9.97 Å². The number of nitrogens with zero attached hydrogens (tertiary/aromatic N) is 2. The summed E-state index contributed by atoms with van der Waals surface area (Å²) in [5, 5.41) is 0.713. The first-order valence-corrected chi connectivity index (χ1v) is 7.63. The monoisotopic (exact) mass is 404 g/mol. The van der Waals surface area contributed by atoms with E-state index in [2.05, 4.69) is 41.8 Å². The Kier molecular flexibility index (Phi) is 5.19. The molecule has 1 unspecified atom stereocenters. The predicted molar refractivity (Wildman–Crippen MR) is 83.1 cm³/mol. The van der Waals surface area contributed by atoms with Crippen LogP contribution in [0.3, 0.4) is 0 Å². The third-order valence-corrected chi connectivity index (χ3v) is 4.74. The van der Waals surface area contributed by atoms with Crippen molar-refractivity contribution >= 4 is 43.5 Å². The molecule has 2 aromatic rings. The van der Waals surface area contributed by atoms with Crippen LogP contribution < -0.4 is 4.74 Å². The molecule has 3 nitrogen and oxygen atoms in total. The normalized spacial score (nSPS) is 12.2. The van der Waals surface area contributed by atoms with Gasteiger partial charge in [-0.1, -0.05) is 39.7 Å². The molecule has 1 aromatic heterocycles. The van der Waals surface area contributed by atoms with Gasteiger partial charge in [0.15, 0.2) is 0 Å². The summed E-state index contributed by atoms with van der Waals surface area (Å²) < 4.78 is 5.97. The van der Waals surface area contributed by atoms with E-state index in [0.29, 0.717) is 17.3 Å². The molecule has 0 aliphatic rings. The summed E-state index contributed by atoms with van der Waals surface area (Å²) in [5.41, 5.74) is 1.92. The maximum atomic E-state index is 6.28. The number of aromatic nitrogens is 2. The molecule has 0 N–H and O–H groups in total. The van der Waals surface area contributed by atoms with Gasteiger partial charge in [0.05, 0.1) is 12.1 Å². The van der Waals surface area contributed by atoms with Crippen molar-refractivity contribution < 1.29 is 4.74 Å². The van der Waals surface area contributed by atoms with Crippen molar-refractivity contribution in [3.8, 4) is 5.88 Å². The number of hydrogen-bond acceptors (Lipinski definition) is 3. The Bertz CT molecular complexity index is 580. The minimum absolute atomic E-state index is 0.0807. The largest absolute Gasteiger partial charge is 0.481 e. The molecule has 19 heavy (non-hydrogen) atoms. The van der Waals surface area contributed by atoms with E-state index in [1.807, 2.05) is 24.3 Å². The second kappa shape index (κ2) is 6.68. The first-order valence-electron chi connectivity index (χ1n) is 5.54. The number of hydrogen-bond donors (Lipinski definition) is 0.